The van der Waals surface area contributed by atoms with Gasteiger partial charge in [-0.2, -0.15) is 0 Å². The number of fused-ring (bicyclic) bond motifs is 2. The zero-order valence-corrected chi connectivity index (χ0v) is 7.85. The van der Waals surface area contributed by atoms with Gasteiger partial charge in [0.2, 0.25) is 0 Å². The summed E-state index contributed by atoms with van der Waals surface area (Å²) < 4.78 is 0. The van der Waals surface area contributed by atoms with Crippen molar-refractivity contribution in [1.29, 1.82) is 0 Å². The molecule has 11 heavy (non-hydrogen) atoms. The van der Waals surface area contributed by atoms with Gasteiger partial charge in [-0.05, 0) is 36.5 Å². The van der Waals surface area contributed by atoms with Crippen LogP contribution in [0.4, 0.5) is 0 Å². The van der Waals surface area contributed by atoms with Gasteiger partial charge < -0.3 is 0 Å². The Bertz CT molecular complexity index is 193. The third-order valence-electron chi connectivity index (χ3n) is 3.40. The maximum atomic E-state index is 2.47. The van der Waals surface area contributed by atoms with Gasteiger partial charge in [0.15, 0.2) is 0 Å². The third-order valence-corrected chi connectivity index (χ3v) is 3.40. The third kappa shape index (κ3) is 1.13. The van der Waals surface area contributed by atoms with E-state index in [0.29, 0.717) is 5.41 Å². The Morgan fingerprint density at radius 2 is 2.00 bits per heavy atom. The lowest BCUT2D eigenvalue weighted by Crippen LogP contribution is -2.24. The maximum Gasteiger partial charge on any atom is -0.0284 e. The first-order valence-electron chi connectivity index (χ1n) is 4.75. The summed E-state index contributed by atoms with van der Waals surface area (Å²) in [6.07, 6.45) is 6.65. The molecule has 0 spiro atoms. The highest BCUT2D eigenvalue weighted by Gasteiger charge is 2.40. The summed E-state index contributed by atoms with van der Waals surface area (Å²) >= 11 is 0. The van der Waals surface area contributed by atoms with Crippen molar-refractivity contribution in [3.8, 4) is 0 Å². The van der Waals surface area contributed by atoms with E-state index in [4.69, 9.17) is 0 Å². The van der Waals surface area contributed by atoms with Crippen molar-refractivity contribution in [3.63, 3.8) is 0 Å². The Labute approximate surface area is 69.7 Å². The van der Waals surface area contributed by atoms with Gasteiger partial charge >= 0.3 is 0 Å². The predicted octanol–water partition coefficient (Wildman–Crippen LogP) is 3.39. The van der Waals surface area contributed by atoms with E-state index in [9.17, 15) is 0 Å². The molecule has 2 unspecified atom stereocenters. The minimum absolute atomic E-state index is 0.542. The molecule has 0 heterocycles. The average molecular weight is 150 g/mol. The lowest BCUT2D eigenvalue weighted by molar-refractivity contribution is 0.185. The minimum atomic E-state index is 0.542. The zero-order chi connectivity index (χ0) is 8.06. The van der Waals surface area contributed by atoms with Gasteiger partial charge in [-0.3, -0.25) is 0 Å². The molecule has 0 aromatic carbocycles. The summed E-state index contributed by atoms with van der Waals surface area (Å²) in [4.78, 5) is 0. The molecule has 2 aliphatic carbocycles. The van der Waals surface area contributed by atoms with E-state index in [1.54, 1.807) is 5.57 Å². The number of allylic oxidation sites excluding steroid dienone is 2. The SMILES string of the molecule is CC(C)(C)C1CC2=CCC1C2. The lowest BCUT2D eigenvalue weighted by Gasteiger charge is -2.32. The van der Waals surface area contributed by atoms with E-state index in [2.05, 4.69) is 26.8 Å². The number of rotatable bonds is 0. The summed E-state index contributed by atoms with van der Waals surface area (Å²) in [6.45, 7) is 7.16. The van der Waals surface area contributed by atoms with Gasteiger partial charge in [0, 0.05) is 0 Å². The number of hydrogen-bond acceptors (Lipinski definition) is 0. The Hall–Kier alpha value is -0.260. The van der Waals surface area contributed by atoms with Gasteiger partial charge in [-0.25, -0.2) is 0 Å². The van der Waals surface area contributed by atoms with E-state index < -0.39 is 0 Å². The van der Waals surface area contributed by atoms with Crippen LogP contribution in [-0.4, -0.2) is 0 Å². The summed E-state index contributed by atoms with van der Waals surface area (Å²) in [5.74, 6) is 1.98. The molecule has 62 valence electrons. The van der Waals surface area contributed by atoms with Crippen molar-refractivity contribution in [2.24, 2.45) is 17.3 Å². The molecule has 0 aromatic heterocycles. The van der Waals surface area contributed by atoms with Crippen LogP contribution < -0.4 is 0 Å². The van der Waals surface area contributed by atoms with Gasteiger partial charge in [0.25, 0.3) is 0 Å². The van der Waals surface area contributed by atoms with Crippen LogP contribution in [0.1, 0.15) is 40.0 Å². The molecule has 2 aliphatic rings. The summed E-state index contributed by atoms with van der Waals surface area (Å²) in [5, 5.41) is 0. The second-order valence-corrected chi connectivity index (χ2v) is 5.24. The molecule has 0 aromatic rings. The van der Waals surface area contributed by atoms with Gasteiger partial charge in [0.05, 0.1) is 0 Å². The van der Waals surface area contributed by atoms with E-state index in [-0.39, 0.29) is 0 Å². The standard InChI is InChI=1S/C11H18/c1-11(2,3)10-7-8-4-5-9(10)6-8/h4,9-10H,5-7H2,1-3H3. The zero-order valence-electron chi connectivity index (χ0n) is 7.85. The second-order valence-electron chi connectivity index (χ2n) is 5.24. The molecular formula is C11H18. The topological polar surface area (TPSA) is 0 Å². The molecule has 0 radical (unpaired) electrons. The molecule has 0 aliphatic heterocycles. The highest BCUT2D eigenvalue weighted by molar-refractivity contribution is 5.19. The minimum Gasteiger partial charge on any atom is -0.0850 e. The maximum absolute atomic E-state index is 2.47. The van der Waals surface area contributed by atoms with Crippen LogP contribution >= 0.6 is 0 Å². The molecule has 0 N–H and O–H groups in total. The van der Waals surface area contributed by atoms with Crippen LogP contribution in [0.3, 0.4) is 0 Å². The van der Waals surface area contributed by atoms with Crippen molar-refractivity contribution in [2.45, 2.75) is 40.0 Å². The van der Waals surface area contributed by atoms with Crippen molar-refractivity contribution in [1.82, 2.24) is 0 Å². The van der Waals surface area contributed by atoms with Gasteiger partial charge in [-0.15, -0.1) is 0 Å². The fourth-order valence-electron chi connectivity index (χ4n) is 2.76. The molecule has 2 bridgehead atoms. The van der Waals surface area contributed by atoms with Crippen LogP contribution in [0.15, 0.2) is 11.6 Å². The molecule has 0 saturated heterocycles. The van der Waals surface area contributed by atoms with E-state index >= 15 is 0 Å². The molecule has 2 atom stereocenters. The normalized spacial score (nSPS) is 36.1. The smallest absolute Gasteiger partial charge is 0.0284 e. The van der Waals surface area contributed by atoms with Crippen LogP contribution in [0.5, 0.6) is 0 Å². The molecule has 2 rings (SSSR count). The summed E-state index contributed by atoms with van der Waals surface area (Å²) in [7, 11) is 0. The molecule has 0 heteroatoms. The Morgan fingerprint density at radius 3 is 2.27 bits per heavy atom. The quantitative estimate of drug-likeness (QED) is 0.464. The Kier molecular flexibility index (Phi) is 1.42. The van der Waals surface area contributed by atoms with Crippen molar-refractivity contribution in [3.05, 3.63) is 11.6 Å². The fourth-order valence-corrected chi connectivity index (χ4v) is 2.76. The fraction of sp³-hybridized carbons (Fsp3) is 0.818. The summed E-state index contributed by atoms with van der Waals surface area (Å²) in [5.41, 5.74) is 2.29. The van der Waals surface area contributed by atoms with Crippen LogP contribution in [0.2, 0.25) is 0 Å². The predicted molar refractivity (Wildman–Crippen MR) is 48.4 cm³/mol. The molecule has 0 amide bonds. The van der Waals surface area contributed by atoms with Gasteiger partial charge in [-0.1, -0.05) is 32.4 Å². The van der Waals surface area contributed by atoms with Gasteiger partial charge in [0.1, 0.15) is 0 Å². The van der Waals surface area contributed by atoms with Crippen molar-refractivity contribution >= 4 is 0 Å². The average Bonchev–Trinajstić information content (AvgIpc) is 2.42. The first-order valence-corrected chi connectivity index (χ1v) is 4.75. The van der Waals surface area contributed by atoms with Crippen molar-refractivity contribution in [2.75, 3.05) is 0 Å². The Balaban J connectivity index is 2.15. The Morgan fingerprint density at radius 1 is 1.27 bits per heavy atom. The largest absolute Gasteiger partial charge is 0.0850 e. The highest BCUT2D eigenvalue weighted by atomic mass is 14.4. The first kappa shape index (κ1) is 7.39. The molecule has 0 nitrogen and oxygen atoms in total. The first-order chi connectivity index (χ1) is 5.07. The van der Waals surface area contributed by atoms with Crippen LogP contribution in [0.25, 0.3) is 0 Å². The highest BCUT2D eigenvalue weighted by Crippen LogP contribution is 2.51. The van der Waals surface area contributed by atoms with E-state index in [1.807, 2.05) is 0 Å². The lowest BCUT2D eigenvalue weighted by atomic mass is 9.73. The molecular weight excluding hydrogens is 132 g/mol. The second kappa shape index (κ2) is 2.12. The van der Waals surface area contributed by atoms with Crippen LogP contribution in [0, 0.1) is 17.3 Å². The monoisotopic (exact) mass is 150 g/mol. The summed E-state index contributed by atoms with van der Waals surface area (Å²) in [6, 6.07) is 0. The van der Waals surface area contributed by atoms with Crippen molar-refractivity contribution < 1.29 is 0 Å². The molecule has 1 saturated carbocycles. The van der Waals surface area contributed by atoms with E-state index in [0.717, 1.165) is 11.8 Å². The van der Waals surface area contributed by atoms with E-state index in [1.165, 1.54) is 19.3 Å². The van der Waals surface area contributed by atoms with Crippen LogP contribution in [-0.2, 0) is 0 Å². The number of hydrogen-bond donors (Lipinski definition) is 0. The molecule has 1 fully saturated rings.